The molecule has 0 amide bonds. The molecule has 0 unspecified atom stereocenters. The zero-order chi connectivity index (χ0) is 14.4. The lowest BCUT2D eigenvalue weighted by atomic mass is 10.1. The summed E-state index contributed by atoms with van der Waals surface area (Å²) < 4.78 is 15.9. The van der Waals surface area contributed by atoms with Crippen LogP contribution in [0.5, 0.6) is 0 Å². The van der Waals surface area contributed by atoms with Gasteiger partial charge in [-0.05, 0) is 37.3 Å². The van der Waals surface area contributed by atoms with Gasteiger partial charge in [-0.3, -0.25) is 9.58 Å². The van der Waals surface area contributed by atoms with Gasteiger partial charge in [0, 0.05) is 43.5 Å². The molecule has 1 aliphatic carbocycles. The Morgan fingerprint density at radius 3 is 2.86 bits per heavy atom. The average Bonchev–Trinajstić information content (AvgIpc) is 3.15. The van der Waals surface area contributed by atoms with E-state index in [0.29, 0.717) is 5.56 Å². The highest BCUT2D eigenvalue weighted by Crippen LogP contribution is 2.39. The third kappa shape index (κ3) is 2.27. The highest BCUT2D eigenvalue weighted by atomic mass is 19.1. The van der Waals surface area contributed by atoms with E-state index in [1.807, 2.05) is 25.4 Å². The highest BCUT2D eigenvalue weighted by Gasteiger charge is 2.37. The lowest BCUT2D eigenvalue weighted by Crippen LogP contribution is -2.31. The number of hydrogen-bond acceptors (Lipinski definition) is 2. The van der Waals surface area contributed by atoms with Crippen LogP contribution in [0.1, 0.15) is 24.8 Å². The molecule has 4 rings (SSSR count). The van der Waals surface area contributed by atoms with E-state index in [9.17, 15) is 4.39 Å². The number of rotatable bonds is 3. The van der Waals surface area contributed by atoms with Crippen molar-refractivity contribution in [3.63, 3.8) is 0 Å². The Hall–Kier alpha value is -1.68. The molecule has 2 aromatic rings. The van der Waals surface area contributed by atoms with Crippen LogP contribution < -0.4 is 0 Å². The van der Waals surface area contributed by atoms with Crippen LogP contribution in [-0.2, 0) is 13.6 Å². The van der Waals surface area contributed by atoms with Gasteiger partial charge in [0.15, 0.2) is 0 Å². The average molecular weight is 285 g/mol. The number of hydrogen-bond donors (Lipinski definition) is 0. The van der Waals surface area contributed by atoms with Gasteiger partial charge >= 0.3 is 0 Å². The predicted molar refractivity (Wildman–Crippen MR) is 80.1 cm³/mol. The summed E-state index contributed by atoms with van der Waals surface area (Å²) in [4.78, 5) is 2.55. The van der Waals surface area contributed by atoms with Crippen molar-refractivity contribution in [3.05, 3.63) is 41.8 Å². The van der Waals surface area contributed by atoms with E-state index >= 15 is 0 Å². The summed E-state index contributed by atoms with van der Waals surface area (Å²) in [7, 11) is 1.91. The van der Waals surface area contributed by atoms with Gasteiger partial charge < -0.3 is 0 Å². The van der Waals surface area contributed by atoms with Crippen LogP contribution in [0.2, 0.25) is 0 Å². The molecule has 21 heavy (non-hydrogen) atoms. The minimum atomic E-state index is -0.194. The molecule has 1 saturated carbocycles. The molecule has 3 nitrogen and oxygen atoms in total. The van der Waals surface area contributed by atoms with Gasteiger partial charge in [0.1, 0.15) is 5.82 Å². The first-order valence-corrected chi connectivity index (χ1v) is 7.72. The number of fused-ring (bicyclic) bond motifs is 2. The van der Waals surface area contributed by atoms with Crippen molar-refractivity contribution in [2.45, 2.75) is 31.8 Å². The molecule has 2 aliphatic rings. The quantitative estimate of drug-likeness (QED) is 0.863. The largest absolute Gasteiger partial charge is 0.296 e. The smallest absolute Gasteiger partial charge is 0.132 e. The second kappa shape index (κ2) is 4.95. The number of benzene rings is 1. The molecule has 2 bridgehead atoms. The molecule has 1 aliphatic heterocycles. The zero-order valence-electron chi connectivity index (χ0n) is 12.3. The Bertz CT molecular complexity index is 664. The standard InChI is InChI=1S/C17H20FN3/c1-20-10-13(11-21-9-12-6-7-14(21)8-12)17(19-20)15-4-2-3-5-16(15)18/h2-5,10,12,14H,6-9,11H2,1H3/t12-,14-/m0/s1. The fraction of sp³-hybridized carbons (Fsp3) is 0.471. The first-order chi connectivity index (χ1) is 10.2. The van der Waals surface area contributed by atoms with Crippen LogP contribution in [0.25, 0.3) is 11.3 Å². The van der Waals surface area contributed by atoms with Gasteiger partial charge in [-0.25, -0.2) is 4.39 Å². The summed E-state index contributed by atoms with van der Waals surface area (Å²) in [6.45, 7) is 2.08. The van der Waals surface area contributed by atoms with Crippen LogP contribution >= 0.6 is 0 Å². The van der Waals surface area contributed by atoms with Gasteiger partial charge in [0.25, 0.3) is 0 Å². The van der Waals surface area contributed by atoms with E-state index in [1.165, 1.54) is 31.9 Å². The molecule has 110 valence electrons. The molecule has 1 aromatic heterocycles. The molecule has 1 saturated heterocycles. The Labute approximate surface area is 124 Å². The molecule has 2 atom stereocenters. The third-order valence-corrected chi connectivity index (χ3v) is 4.93. The van der Waals surface area contributed by atoms with Crippen LogP contribution in [0.15, 0.2) is 30.5 Å². The summed E-state index contributed by atoms with van der Waals surface area (Å²) >= 11 is 0. The first-order valence-electron chi connectivity index (χ1n) is 7.72. The Kier molecular flexibility index (Phi) is 3.07. The normalized spacial score (nSPS) is 24.9. The number of likely N-dealkylation sites (tertiary alicyclic amines) is 1. The second-order valence-electron chi connectivity index (χ2n) is 6.42. The predicted octanol–water partition coefficient (Wildman–Crippen LogP) is 3.21. The SMILES string of the molecule is Cn1cc(CN2C[C@H]3CC[C@H]2C3)c(-c2ccccc2F)n1. The first kappa shape index (κ1) is 13.0. The van der Waals surface area contributed by atoms with Gasteiger partial charge in [0.2, 0.25) is 0 Å². The highest BCUT2D eigenvalue weighted by molar-refractivity contribution is 5.63. The molecule has 0 spiro atoms. The van der Waals surface area contributed by atoms with Crippen LogP contribution in [0.3, 0.4) is 0 Å². The maximum absolute atomic E-state index is 14.1. The van der Waals surface area contributed by atoms with E-state index < -0.39 is 0 Å². The van der Waals surface area contributed by atoms with Gasteiger partial charge in [0.05, 0.1) is 5.69 Å². The van der Waals surface area contributed by atoms with Crippen molar-refractivity contribution >= 4 is 0 Å². The zero-order valence-corrected chi connectivity index (χ0v) is 12.3. The molecular formula is C17H20FN3. The third-order valence-electron chi connectivity index (χ3n) is 4.93. The number of piperidine rings is 1. The monoisotopic (exact) mass is 285 g/mol. The lowest BCUT2D eigenvalue weighted by Gasteiger charge is -2.26. The molecule has 4 heteroatoms. The van der Waals surface area contributed by atoms with Crippen molar-refractivity contribution in [1.82, 2.24) is 14.7 Å². The van der Waals surface area contributed by atoms with Crippen molar-refractivity contribution in [3.8, 4) is 11.3 Å². The molecule has 0 N–H and O–H groups in total. The van der Waals surface area contributed by atoms with Crippen LogP contribution in [0.4, 0.5) is 4.39 Å². The summed E-state index contributed by atoms with van der Waals surface area (Å²) in [6.07, 6.45) is 6.08. The van der Waals surface area contributed by atoms with Crippen molar-refractivity contribution < 1.29 is 4.39 Å². The molecule has 2 fully saturated rings. The van der Waals surface area contributed by atoms with E-state index in [0.717, 1.165) is 29.8 Å². The summed E-state index contributed by atoms with van der Waals surface area (Å²) in [5.74, 6) is 0.684. The Balaban J connectivity index is 1.65. The molecule has 2 heterocycles. The number of nitrogens with zero attached hydrogens (tertiary/aromatic N) is 3. The fourth-order valence-corrected chi connectivity index (χ4v) is 3.97. The van der Waals surface area contributed by atoms with Crippen LogP contribution in [-0.4, -0.2) is 27.3 Å². The van der Waals surface area contributed by atoms with Gasteiger partial charge in [-0.2, -0.15) is 5.10 Å². The molecule has 0 radical (unpaired) electrons. The number of aromatic nitrogens is 2. The van der Waals surface area contributed by atoms with E-state index in [4.69, 9.17) is 0 Å². The summed E-state index contributed by atoms with van der Waals surface area (Å²) in [6, 6.07) is 7.64. The fourth-order valence-electron chi connectivity index (χ4n) is 3.97. The van der Waals surface area contributed by atoms with Crippen LogP contribution in [0, 0.1) is 11.7 Å². The van der Waals surface area contributed by atoms with Gasteiger partial charge in [-0.1, -0.05) is 12.1 Å². The van der Waals surface area contributed by atoms with E-state index in [2.05, 4.69) is 10.00 Å². The van der Waals surface area contributed by atoms with Crippen molar-refractivity contribution in [2.75, 3.05) is 6.54 Å². The van der Waals surface area contributed by atoms with E-state index in [1.54, 1.807) is 10.7 Å². The Morgan fingerprint density at radius 2 is 2.14 bits per heavy atom. The summed E-state index contributed by atoms with van der Waals surface area (Å²) in [5, 5.41) is 4.50. The van der Waals surface area contributed by atoms with E-state index in [-0.39, 0.29) is 5.82 Å². The molecular weight excluding hydrogens is 265 g/mol. The minimum absolute atomic E-state index is 0.194. The summed E-state index contributed by atoms with van der Waals surface area (Å²) in [5.41, 5.74) is 2.53. The van der Waals surface area contributed by atoms with Crippen molar-refractivity contribution in [2.24, 2.45) is 13.0 Å². The number of aryl methyl sites for hydroxylation is 1. The minimum Gasteiger partial charge on any atom is -0.296 e. The topological polar surface area (TPSA) is 21.1 Å². The van der Waals surface area contributed by atoms with Gasteiger partial charge in [-0.15, -0.1) is 0 Å². The Morgan fingerprint density at radius 1 is 1.29 bits per heavy atom. The maximum Gasteiger partial charge on any atom is 0.132 e. The second-order valence-corrected chi connectivity index (χ2v) is 6.42. The lowest BCUT2D eigenvalue weighted by molar-refractivity contribution is 0.205. The molecule has 1 aromatic carbocycles. The number of halogens is 1. The van der Waals surface area contributed by atoms with Crippen molar-refractivity contribution in [1.29, 1.82) is 0 Å². The maximum atomic E-state index is 14.1.